The van der Waals surface area contributed by atoms with Crippen LogP contribution in [0.4, 0.5) is 5.69 Å². The predicted octanol–water partition coefficient (Wildman–Crippen LogP) is 1.71. The highest BCUT2D eigenvalue weighted by molar-refractivity contribution is 5.96. The standard InChI is InChI=1S/C14H21N3O3/c1-8-12(9(2)17(4)16-8)15-13(18)10(3)20-14(19)11-6-5-7-11/h10-11H,5-7H2,1-4H3,(H,15,18). The van der Waals surface area contributed by atoms with E-state index in [1.807, 2.05) is 20.9 Å². The molecule has 1 heterocycles. The predicted molar refractivity (Wildman–Crippen MR) is 74.2 cm³/mol. The number of nitrogens with one attached hydrogen (secondary N) is 1. The van der Waals surface area contributed by atoms with Crippen molar-refractivity contribution in [2.75, 3.05) is 5.32 Å². The van der Waals surface area contributed by atoms with Gasteiger partial charge in [-0.25, -0.2) is 0 Å². The van der Waals surface area contributed by atoms with E-state index in [9.17, 15) is 9.59 Å². The highest BCUT2D eigenvalue weighted by atomic mass is 16.5. The van der Waals surface area contributed by atoms with Crippen molar-refractivity contribution >= 4 is 17.6 Å². The zero-order valence-electron chi connectivity index (χ0n) is 12.4. The van der Waals surface area contributed by atoms with Gasteiger partial charge in [0.25, 0.3) is 5.91 Å². The molecule has 1 amide bonds. The van der Waals surface area contributed by atoms with Gasteiger partial charge in [-0.3, -0.25) is 14.3 Å². The van der Waals surface area contributed by atoms with Crippen LogP contribution in [-0.4, -0.2) is 27.8 Å². The largest absolute Gasteiger partial charge is 0.452 e. The maximum atomic E-state index is 12.1. The fourth-order valence-electron chi connectivity index (χ4n) is 2.15. The van der Waals surface area contributed by atoms with E-state index < -0.39 is 6.10 Å². The average Bonchev–Trinajstić information content (AvgIpc) is 2.53. The number of ether oxygens (including phenoxy) is 1. The molecule has 6 heteroatoms. The summed E-state index contributed by atoms with van der Waals surface area (Å²) in [6, 6.07) is 0. The summed E-state index contributed by atoms with van der Waals surface area (Å²) in [6.07, 6.45) is 2.01. The van der Waals surface area contributed by atoms with Gasteiger partial charge in [0.05, 0.1) is 23.0 Å². The first-order chi connectivity index (χ1) is 9.40. The minimum absolute atomic E-state index is 0.0212. The number of aromatic nitrogens is 2. The summed E-state index contributed by atoms with van der Waals surface area (Å²) in [6.45, 7) is 5.29. The van der Waals surface area contributed by atoms with Gasteiger partial charge in [0, 0.05) is 7.05 Å². The number of amides is 1. The molecule has 0 aliphatic heterocycles. The van der Waals surface area contributed by atoms with E-state index >= 15 is 0 Å². The Balaban J connectivity index is 1.95. The van der Waals surface area contributed by atoms with Gasteiger partial charge >= 0.3 is 5.97 Å². The molecule has 110 valence electrons. The molecule has 1 N–H and O–H groups in total. The number of anilines is 1. The summed E-state index contributed by atoms with van der Waals surface area (Å²) in [4.78, 5) is 23.8. The molecule has 0 aromatic carbocycles. The highest BCUT2D eigenvalue weighted by Crippen LogP contribution is 2.28. The van der Waals surface area contributed by atoms with Crippen molar-refractivity contribution in [2.24, 2.45) is 13.0 Å². The molecule has 0 spiro atoms. The van der Waals surface area contributed by atoms with Crippen molar-refractivity contribution in [3.63, 3.8) is 0 Å². The van der Waals surface area contributed by atoms with E-state index in [2.05, 4.69) is 10.4 Å². The Hall–Kier alpha value is -1.85. The summed E-state index contributed by atoms with van der Waals surface area (Å²) in [5.74, 6) is -0.609. The van der Waals surface area contributed by atoms with Gasteiger partial charge < -0.3 is 10.1 Å². The van der Waals surface area contributed by atoms with Crippen LogP contribution in [0.5, 0.6) is 0 Å². The van der Waals surface area contributed by atoms with E-state index in [4.69, 9.17) is 4.74 Å². The molecule has 1 unspecified atom stereocenters. The fourth-order valence-corrected chi connectivity index (χ4v) is 2.15. The summed E-state index contributed by atoms with van der Waals surface area (Å²) < 4.78 is 6.90. The lowest BCUT2D eigenvalue weighted by Crippen LogP contribution is -2.34. The topological polar surface area (TPSA) is 73.2 Å². The third kappa shape index (κ3) is 2.84. The number of rotatable bonds is 4. The van der Waals surface area contributed by atoms with Crippen LogP contribution in [0.2, 0.25) is 0 Å². The van der Waals surface area contributed by atoms with Gasteiger partial charge in [-0.1, -0.05) is 6.42 Å². The van der Waals surface area contributed by atoms with E-state index in [0.29, 0.717) is 5.69 Å². The minimum atomic E-state index is -0.790. The zero-order chi connectivity index (χ0) is 14.9. The molecule has 1 aliphatic carbocycles. The molecule has 1 fully saturated rings. The van der Waals surface area contributed by atoms with E-state index in [-0.39, 0.29) is 17.8 Å². The van der Waals surface area contributed by atoms with Crippen LogP contribution in [0.3, 0.4) is 0 Å². The molecule has 6 nitrogen and oxygen atoms in total. The van der Waals surface area contributed by atoms with Crippen LogP contribution in [0.1, 0.15) is 37.6 Å². The number of aryl methyl sites for hydroxylation is 2. The maximum absolute atomic E-state index is 12.1. The molecule has 20 heavy (non-hydrogen) atoms. The Kier molecular flexibility index (Phi) is 4.11. The minimum Gasteiger partial charge on any atom is -0.452 e. The second-order valence-electron chi connectivity index (χ2n) is 5.37. The Morgan fingerprint density at radius 2 is 2.05 bits per heavy atom. The summed E-state index contributed by atoms with van der Waals surface area (Å²) in [5, 5.41) is 7.01. The first-order valence-electron chi connectivity index (χ1n) is 6.91. The molecule has 1 aromatic heterocycles. The number of nitrogens with zero attached hydrogens (tertiary/aromatic N) is 2. The quantitative estimate of drug-likeness (QED) is 0.851. The number of hydrogen-bond donors (Lipinski definition) is 1. The van der Waals surface area contributed by atoms with Gasteiger partial charge in [-0.05, 0) is 33.6 Å². The first-order valence-corrected chi connectivity index (χ1v) is 6.91. The van der Waals surface area contributed by atoms with Crippen molar-refractivity contribution in [1.29, 1.82) is 0 Å². The first kappa shape index (κ1) is 14.6. The molecule has 0 bridgehead atoms. The van der Waals surface area contributed by atoms with Crippen LogP contribution < -0.4 is 5.32 Å². The molecule has 0 radical (unpaired) electrons. The number of hydrogen-bond acceptors (Lipinski definition) is 4. The molecule has 1 aromatic rings. The monoisotopic (exact) mass is 279 g/mol. The lowest BCUT2D eigenvalue weighted by atomic mass is 9.86. The molecular weight excluding hydrogens is 258 g/mol. The third-order valence-corrected chi connectivity index (χ3v) is 3.86. The second kappa shape index (κ2) is 5.64. The number of carbonyl (C=O) groups excluding carboxylic acids is 2. The van der Waals surface area contributed by atoms with Crippen LogP contribution in [0.15, 0.2) is 0 Å². The van der Waals surface area contributed by atoms with Gasteiger partial charge in [0.2, 0.25) is 0 Å². The van der Waals surface area contributed by atoms with Crippen molar-refractivity contribution in [2.45, 2.75) is 46.1 Å². The number of carbonyl (C=O) groups is 2. The molecule has 0 saturated heterocycles. The van der Waals surface area contributed by atoms with Crippen LogP contribution >= 0.6 is 0 Å². The van der Waals surface area contributed by atoms with E-state index in [0.717, 1.165) is 30.7 Å². The van der Waals surface area contributed by atoms with Gasteiger partial charge in [0.1, 0.15) is 0 Å². The molecule has 1 atom stereocenters. The Labute approximate surface area is 118 Å². The van der Waals surface area contributed by atoms with Crippen molar-refractivity contribution in [1.82, 2.24) is 9.78 Å². The summed E-state index contributed by atoms with van der Waals surface area (Å²) in [5.41, 5.74) is 2.30. The number of esters is 1. The van der Waals surface area contributed by atoms with Gasteiger partial charge in [-0.15, -0.1) is 0 Å². The maximum Gasteiger partial charge on any atom is 0.309 e. The van der Waals surface area contributed by atoms with Gasteiger partial charge in [-0.2, -0.15) is 5.10 Å². The van der Waals surface area contributed by atoms with Crippen molar-refractivity contribution < 1.29 is 14.3 Å². The Morgan fingerprint density at radius 3 is 2.50 bits per heavy atom. The third-order valence-electron chi connectivity index (χ3n) is 3.86. The second-order valence-corrected chi connectivity index (χ2v) is 5.37. The van der Waals surface area contributed by atoms with Crippen molar-refractivity contribution in [3.8, 4) is 0 Å². The van der Waals surface area contributed by atoms with E-state index in [1.165, 1.54) is 0 Å². The molecule has 1 saturated carbocycles. The highest BCUT2D eigenvalue weighted by Gasteiger charge is 2.29. The van der Waals surface area contributed by atoms with E-state index in [1.54, 1.807) is 11.6 Å². The Morgan fingerprint density at radius 1 is 1.40 bits per heavy atom. The average molecular weight is 279 g/mol. The molecule has 1 aliphatic rings. The van der Waals surface area contributed by atoms with Crippen molar-refractivity contribution in [3.05, 3.63) is 11.4 Å². The van der Waals surface area contributed by atoms with Gasteiger partial charge in [0.15, 0.2) is 6.10 Å². The van der Waals surface area contributed by atoms with Crippen LogP contribution in [0, 0.1) is 19.8 Å². The zero-order valence-corrected chi connectivity index (χ0v) is 12.4. The lowest BCUT2D eigenvalue weighted by Gasteiger charge is -2.24. The summed E-state index contributed by atoms with van der Waals surface area (Å²) in [7, 11) is 1.82. The fraction of sp³-hybridized carbons (Fsp3) is 0.643. The summed E-state index contributed by atoms with van der Waals surface area (Å²) >= 11 is 0. The smallest absolute Gasteiger partial charge is 0.309 e. The lowest BCUT2D eigenvalue weighted by molar-refractivity contribution is -0.159. The molecule has 2 rings (SSSR count). The van der Waals surface area contributed by atoms with Crippen LogP contribution in [-0.2, 0) is 21.4 Å². The van der Waals surface area contributed by atoms with Crippen LogP contribution in [0.25, 0.3) is 0 Å². The molecular formula is C14H21N3O3. The SMILES string of the molecule is Cc1nn(C)c(C)c1NC(=O)C(C)OC(=O)C1CCC1. The Bertz CT molecular complexity index is 532. The normalized spacial score (nSPS) is 16.4.